The Morgan fingerprint density at radius 2 is 1.97 bits per heavy atom. The quantitative estimate of drug-likeness (QED) is 0.354. The highest BCUT2D eigenvalue weighted by molar-refractivity contribution is 5.82. The SMILES string of the molecule is O=c1cc(OCc2cn(CO[C@@H]3C[C@H](CO)[C@H](O)[C@H](O)[C@H]3O)nn2)c2ccccc2o1. The maximum atomic E-state index is 11.7. The van der Waals surface area contributed by atoms with Crippen LogP contribution in [0.5, 0.6) is 5.75 Å². The molecular weight excluding hydrogens is 410 g/mol. The molecule has 1 aromatic carbocycles. The van der Waals surface area contributed by atoms with Gasteiger partial charge in [-0.15, -0.1) is 5.10 Å². The average molecular weight is 433 g/mol. The summed E-state index contributed by atoms with van der Waals surface area (Å²) in [5.41, 5.74) is 0.376. The van der Waals surface area contributed by atoms with E-state index in [9.17, 15) is 25.2 Å². The van der Waals surface area contributed by atoms with E-state index < -0.39 is 36.0 Å². The molecule has 11 nitrogen and oxygen atoms in total. The first-order chi connectivity index (χ1) is 15.0. The fourth-order valence-electron chi connectivity index (χ4n) is 3.62. The summed E-state index contributed by atoms with van der Waals surface area (Å²) in [7, 11) is 0. The summed E-state index contributed by atoms with van der Waals surface area (Å²) < 4.78 is 17.9. The zero-order valence-corrected chi connectivity index (χ0v) is 16.4. The molecular formula is C20H23N3O8. The van der Waals surface area contributed by atoms with E-state index in [1.165, 1.54) is 10.7 Å². The number of benzene rings is 1. The van der Waals surface area contributed by atoms with E-state index in [0.29, 0.717) is 22.4 Å². The molecule has 0 bridgehead atoms. The second-order valence-electron chi connectivity index (χ2n) is 7.45. The highest BCUT2D eigenvalue weighted by Crippen LogP contribution is 2.28. The van der Waals surface area contributed by atoms with Crippen LogP contribution in [-0.2, 0) is 18.1 Å². The van der Waals surface area contributed by atoms with Crippen LogP contribution in [0, 0.1) is 5.92 Å². The number of aliphatic hydroxyl groups is 4. The van der Waals surface area contributed by atoms with Gasteiger partial charge < -0.3 is 34.3 Å². The molecule has 166 valence electrons. The first-order valence-electron chi connectivity index (χ1n) is 9.77. The molecule has 0 amide bonds. The van der Waals surface area contributed by atoms with Crippen LogP contribution in [0.25, 0.3) is 11.0 Å². The Hall–Kier alpha value is -2.83. The van der Waals surface area contributed by atoms with Crippen molar-refractivity contribution in [3.05, 3.63) is 52.6 Å². The van der Waals surface area contributed by atoms with Gasteiger partial charge in [-0.3, -0.25) is 0 Å². The molecule has 0 radical (unpaired) electrons. The van der Waals surface area contributed by atoms with Gasteiger partial charge in [0.1, 0.15) is 42.6 Å². The summed E-state index contributed by atoms with van der Waals surface area (Å²) in [6.45, 7) is -0.341. The minimum absolute atomic E-state index is 0.0526. The third-order valence-electron chi connectivity index (χ3n) is 5.33. The highest BCUT2D eigenvalue weighted by Gasteiger charge is 2.42. The third kappa shape index (κ3) is 4.60. The molecule has 1 aliphatic carbocycles. The molecule has 0 saturated heterocycles. The molecule has 31 heavy (non-hydrogen) atoms. The van der Waals surface area contributed by atoms with E-state index in [1.807, 2.05) is 0 Å². The summed E-state index contributed by atoms with van der Waals surface area (Å²) >= 11 is 0. The van der Waals surface area contributed by atoms with Crippen LogP contribution in [0.1, 0.15) is 12.1 Å². The van der Waals surface area contributed by atoms with Gasteiger partial charge in [0.2, 0.25) is 0 Å². The fourth-order valence-corrected chi connectivity index (χ4v) is 3.62. The first-order valence-corrected chi connectivity index (χ1v) is 9.77. The van der Waals surface area contributed by atoms with Crippen molar-refractivity contribution in [1.82, 2.24) is 15.0 Å². The van der Waals surface area contributed by atoms with Crippen molar-refractivity contribution >= 4 is 11.0 Å². The summed E-state index contributed by atoms with van der Waals surface area (Å²) in [4.78, 5) is 11.7. The number of para-hydroxylation sites is 1. The standard InChI is InChI=1S/C20H23N3O8/c24-8-11-5-16(19(27)20(28)18(11)26)30-10-23-7-12(21-22-23)9-29-15-6-17(25)31-14-4-2-1-3-13(14)15/h1-4,6-7,11,16,18-20,24,26-28H,5,8-10H2/t11-,16-,18+,19+,20+/m1/s1. The normalized spacial score (nSPS) is 26.3. The number of ether oxygens (including phenoxy) is 2. The van der Waals surface area contributed by atoms with Crippen molar-refractivity contribution in [2.24, 2.45) is 5.92 Å². The van der Waals surface area contributed by atoms with Crippen molar-refractivity contribution in [1.29, 1.82) is 0 Å². The second kappa shape index (κ2) is 9.12. The maximum absolute atomic E-state index is 11.7. The zero-order valence-electron chi connectivity index (χ0n) is 16.4. The van der Waals surface area contributed by atoms with Crippen LogP contribution < -0.4 is 10.4 Å². The van der Waals surface area contributed by atoms with E-state index in [1.54, 1.807) is 30.5 Å². The van der Waals surface area contributed by atoms with Gasteiger partial charge in [0.05, 0.1) is 29.9 Å². The van der Waals surface area contributed by atoms with Gasteiger partial charge in [0.15, 0.2) is 0 Å². The van der Waals surface area contributed by atoms with Gasteiger partial charge in [-0.2, -0.15) is 0 Å². The molecule has 1 fully saturated rings. The van der Waals surface area contributed by atoms with Gasteiger partial charge >= 0.3 is 5.63 Å². The van der Waals surface area contributed by atoms with Gasteiger partial charge in [-0.1, -0.05) is 17.3 Å². The number of aromatic nitrogens is 3. The van der Waals surface area contributed by atoms with E-state index >= 15 is 0 Å². The van der Waals surface area contributed by atoms with Gasteiger partial charge in [0.25, 0.3) is 0 Å². The van der Waals surface area contributed by atoms with Crippen molar-refractivity contribution in [2.75, 3.05) is 6.61 Å². The first kappa shape index (κ1) is 21.4. The molecule has 11 heteroatoms. The molecule has 0 spiro atoms. The molecule has 2 aromatic heterocycles. The van der Waals surface area contributed by atoms with Gasteiger partial charge in [0, 0.05) is 12.5 Å². The number of rotatable bonds is 7. The maximum Gasteiger partial charge on any atom is 0.339 e. The number of aliphatic hydroxyl groups excluding tert-OH is 4. The van der Waals surface area contributed by atoms with Crippen LogP contribution >= 0.6 is 0 Å². The Morgan fingerprint density at radius 1 is 1.16 bits per heavy atom. The van der Waals surface area contributed by atoms with E-state index in [-0.39, 0.29) is 26.4 Å². The lowest BCUT2D eigenvalue weighted by Gasteiger charge is -2.39. The molecule has 0 unspecified atom stereocenters. The largest absolute Gasteiger partial charge is 0.486 e. The van der Waals surface area contributed by atoms with Crippen molar-refractivity contribution in [3.8, 4) is 5.75 Å². The molecule has 1 saturated carbocycles. The van der Waals surface area contributed by atoms with Crippen LogP contribution in [0.3, 0.4) is 0 Å². The van der Waals surface area contributed by atoms with Crippen LogP contribution in [0.2, 0.25) is 0 Å². The molecule has 0 aliphatic heterocycles. The predicted molar refractivity (Wildman–Crippen MR) is 105 cm³/mol. The lowest BCUT2D eigenvalue weighted by molar-refractivity contribution is -0.187. The van der Waals surface area contributed by atoms with Gasteiger partial charge in [-0.05, 0) is 18.6 Å². The topological polar surface area (TPSA) is 160 Å². The molecule has 5 atom stereocenters. The summed E-state index contributed by atoms with van der Waals surface area (Å²) in [6.07, 6.45) is -2.93. The van der Waals surface area contributed by atoms with Gasteiger partial charge in [-0.25, -0.2) is 9.48 Å². The second-order valence-corrected chi connectivity index (χ2v) is 7.45. The van der Waals surface area contributed by atoms with E-state index in [2.05, 4.69) is 10.3 Å². The Bertz CT molecular complexity index is 1080. The average Bonchev–Trinajstić information content (AvgIpc) is 3.23. The Kier molecular flexibility index (Phi) is 6.30. The van der Waals surface area contributed by atoms with Crippen molar-refractivity contribution < 1.29 is 34.3 Å². The smallest absolute Gasteiger partial charge is 0.339 e. The van der Waals surface area contributed by atoms with Crippen LogP contribution in [-0.4, -0.2) is 66.4 Å². The highest BCUT2D eigenvalue weighted by atomic mass is 16.5. The Morgan fingerprint density at radius 3 is 2.77 bits per heavy atom. The molecule has 2 heterocycles. The zero-order chi connectivity index (χ0) is 22.0. The number of fused-ring (bicyclic) bond motifs is 1. The summed E-state index contributed by atoms with van der Waals surface area (Å²) in [5, 5.41) is 47.8. The minimum atomic E-state index is -1.41. The van der Waals surface area contributed by atoms with E-state index in [4.69, 9.17) is 13.9 Å². The Balaban J connectivity index is 1.37. The third-order valence-corrected chi connectivity index (χ3v) is 5.33. The molecule has 1 aliphatic rings. The molecule has 4 N–H and O–H groups in total. The summed E-state index contributed by atoms with van der Waals surface area (Å²) in [5.74, 6) is -0.230. The fraction of sp³-hybridized carbons (Fsp3) is 0.450. The van der Waals surface area contributed by atoms with Crippen LogP contribution in [0.15, 0.2) is 45.7 Å². The summed E-state index contributed by atoms with van der Waals surface area (Å²) in [6, 6.07) is 8.27. The number of hydrogen-bond donors (Lipinski definition) is 4. The predicted octanol–water partition coefficient (Wildman–Crippen LogP) is -0.599. The minimum Gasteiger partial charge on any atom is -0.486 e. The molecule has 3 aromatic rings. The van der Waals surface area contributed by atoms with Crippen LogP contribution in [0.4, 0.5) is 0 Å². The van der Waals surface area contributed by atoms with Crippen molar-refractivity contribution in [3.63, 3.8) is 0 Å². The lowest BCUT2D eigenvalue weighted by Crippen LogP contribution is -2.55. The van der Waals surface area contributed by atoms with E-state index in [0.717, 1.165) is 0 Å². The Labute approximate surface area is 176 Å². The van der Waals surface area contributed by atoms with Crippen molar-refractivity contribution in [2.45, 2.75) is 44.2 Å². The molecule has 4 rings (SSSR count). The lowest BCUT2D eigenvalue weighted by atomic mass is 9.81. The number of nitrogens with zero attached hydrogens (tertiary/aromatic N) is 3. The monoisotopic (exact) mass is 433 g/mol. The number of hydrogen-bond acceptors (Lipinski definition) is 10.